The van der Waals surface area contributed by atoms with Gasteiger partial charge in [-0.25, -0.2) is 4.39 Å². The summed E-state index contributed by atoms with van der Waals surface area (Å²) < 4.78 is 13.9. The Hall–Kier alpha value is -1.62. The number of halogens is 1. The molecule has 0 aliphatic carbocycles. The van der Waals surface area contributed by atoms with Gasteiger partial charge in [-0.3, -0.25) is 4.79 Å². The van der Waals surface area contributed by atoms with Gasteiger partial charge in [0.2, 0.25) is 5.91 Å². The van der Waals surface area contributed by atoms with Crippen molar-refractivity contribution in [3.8, 4) is 0 Å². The minimum atomic E-state index is -0.856. The van der Waals surface area contributed by atoms with Gasteiger partial charge in [-0.15, -0.1) is 0 Å². The van der Waals surface area contributed by atoms with Gasteiger partial charge in [0.1, 0.15) is 11.4 Å². The van der Waals surface area contributed by atoms with Gasteiger partial charge in [-0.1, -0.05) is 19.1 Å². The van der Waals surface area contributed by atoms with Crippen molar-refractivity contribution in [2.75, 3.05) is 25.0 Å². The molecule has 4 nitrogen and oxygen atoms in total. The van der Waals surface area contributed by atoms with Crippen LogP contribution >= 0.6 is 0 Å². The zero-order valence-corrected chi connectivity index (χ0v) is 12.6. The predicted octanol–water partition coefficient (Wildman–Crippen LogP) is 2.36. The number of hydrogen-bond donors (Lipinski definition) is 2. The summed E-state index contributed by atoms with van der Waals surface area (Å²) in [6, 6.07) is 6.42. The molecule has 1 unspecified atom stereocenters. The SMILES string of the molecule is CCCN1CCCC(Nc2ccccc2F)(C(N)=O)CC1. The lowest BCUT2D eigenvalue weighted by molar-refractivity contribution is -0.122. The van der Waals surface area contributed by atoms with E-state index in [2.05, 4.69) is 17.1 Å². The van der Waals surface area contributed by atoms with Crippen LogP contribution in [0.5, 0.6) is 0 Å². The molecule has 3 N–H and O–H groups in total. The first-order chi connectivity index (χ1) is 10.1. The van der Waals surface area contributed by atoms with Gasteiger partial charge in [-0.2, -0.15) is 0 Å². The Bertz CT molecular complexity index is 494. The van der Waals surface area contributed by atoms with Crippen molar-refractivity contribution < 1.29 is 9.18 Å². The molecule has 1 aromatic carbocycles. The summed E-state index contributed by atoms with van der Waals surface area (Å²) in [7, 11) is 0. The summed E-state index contributed by atoms with van der Waals surface area (Å²) in [6.45, 7) is 4.93. The first-order valence-electron chi connectivity index (χ1n) is 7.62. The van der Waals surface area contributed by atoms with Gasteiger partial charge in [0.05, 0.1) is 5.69 Å². The van der Waals surface area contributed by atoms with Crippen LogP contribution in [-0.2, 0) is 4.79 Å². The second-order valence-electron chi connectivity index (χ2n) is 5.75. The lowest BCUT2D eigenvalue weighted by Crippen LogP contribution is -2.51. The Balaban J connectivity index is 2.17. The molecule has 116 valence electrons. The second kappa shape index (κ2) is 6.89. The number of primary amides is 1. The summed E-state index contributed by atoms with van der Waals surface area (Å²) in [4.78, 5) is 14.4. The number of carbonyl (C=O) groups is 1. The second-order valence-corrected chi connectivity index (χ2v) is 5.75. The van der Waals surface area contributed by atoms with Crippen LogP contribution in [0.2, 0.25) is 0 Å². The van der Waals surface area contributed by atoms with E-state index < -0.39 is 11.4 Å². The van der Waals surface area contributed by atoms with Gasteiger partial charge in [-0.05, 0) is 50.9 Å². The molecule has 1 saturated heterocycles. The molecule has 1 amide bonds. The Morgan fingerprint density at radius 1 is 1.38 bits per heavy atom. The minimum Gasteiger partial charge on any atom is -0.369 e. The number of para-hydroxylation sites is 1. The summed E-state index contributed by atoms with van der Waals surface area (Å²) in [5, 5.41) is 3.09. The lowest BCUT2D eigenvalue weighted by atomic mass is 9.89. The molecule has 1 heterocycles. The molecule has 0 bridgehead atoms. The lowest BCUT2D eigenvalue weighted by Gasteiger charge is -2.32. The number of anilines is 1. The molecule has 0 radical (unpaired) electrons. The highest BCUT2D eigenvalue weighted by molar-refractivity contribution is 5.88. The Morgan fingerprint density at radius 2 is 2.14 bits per heavy atom. The van der Waals surface area contributed by atoms with Crippen LogP contribution in [-0.4, -0.2) is 36.0 Å². The van der Waals surface area contributed by atoms with Crippen LogP contribution in [0.4, 0.5) is 10.1 Å². The summed E-state index contributed by atoms with van der Waals surface area (Å²) in [5.41, 5.74) is 5.14. The van der Waals surface area contributed by atoms with Gasteiger partial charge in [0, 0.05) is 6.54 Å². The molecule has 21 heavy (non-hydrogen) atoms. The number of amides is 1. The zero-order valence-electron chi connectivity index (χ0n) is 12.6. The molecule has 0 saturated carbocycles. The number of hydrogen-bond acceptors (Lipinski definition) is 3. The van der Waals surface area contributed by atoms with E-state index in [9.17, 15) is 9.18 Å². The topological polar surface area (TPSA) is 58.4 Å². The normalized spacial score (nSPS) is 23.5. The number of nitrogens with one attached hydrogen (secondary N) is 1. The van der Waals surface area contributed by atoms with Crippen LogP contribution in [0.25, 0.3) is 0 Å². The van der Waals surface area contributed by atoms with E-state index in [1.165, 1.54) is 6.07 Å². The van der Waals surface area contributed by atoms with Crippen molar-refractivity contribution in [1.29, 1.82) is 0 Å². The molecule has 1 aliphatic rings. The molecular formula is C16H24FN3O. The summed E-state index contributed by atoms with van der Waals surface area (Å²) in [5.74, 6) is -0.753. The van der Waals surface area contributed by atoms with E-state index in [4.69, 9.17) is 5.73 Å². The van der Waals surface area contributed by atoms with Crippen LogP contribution < -0.4 is 11.1 Å². The van der Waals surface area contributed by atoms with Gasteiger partial charge >= 0.3 is 0 Å². The minimum absolute atomic E-state index is 0.347. The smallest absolute Gasteiger partial charge is 0.243 e. The molecule has 1 atom stereocenters. The van der Waals surface area contributed by atoms with Crippen molar-refractivity contribution in [3.05, 3.63) is 30.1 Å². The van der Waals surface area contributed by atoms with Gasteiger partial charge in [0.15, 0.2) is 0 Å². The Labute approximate surface area is 125 Å². The standard InChI is InChI=1S/C16H24FN3O/c1-2-10-20-11-5-8-16(9-12-20,15(18)21)19-14-7-4-3-6-13(14)17/h3-4,6-7,19H,2,5,8-12H2,1H3,(H2,18,21). The first-order valence-corrected chi connectivity index (χ1v) is 7.62. The van der Waals surface area contributed by atoms with E-state index in [1.807, 2.05) is 0 Å². The summed E-state index contributed by atoms with van der Waals surface area (Å²) in [6.07, 6.45) is 3.21. The van der Waals surface area contributed by atoms with Crippen molar-refractivity contribution >= 4 is 11.6 Å². The quantitative estimate of drug-likeness (QED) is 0.876. The Morgan fingerprint density at radius 3 is 2.81 bits per heavy atom. The maximum Gasteiger partial charge on any atom is 0.243 e. The average Bonchev–Trinajstić information content (AvgIpc) is 2.66. The third-order valence-corrected chi connectivity index (χ3v) is 4.19. The zero-order chi connectivity index (χ0) is 15.3. The predicted molar refractivity (Wildman–Crippen MR) is 82.5 cm³/mol. The van der Waals surface area contributed by atoms with E-state index in [0.29, 0.717) is 18.5 Å². The molecular weight excluding hydrogens is 269 g/mol. The summed E-state index contributed by atoms with van der Waals surface area (Å²) >= 11 is 0. The number of nitrogens with two attached hydrogens (primary N) is 1. The van der Waals surface area contributed by atoms with Crippen LogP contribution in [0.15, 0.2) is 24.3 Å². The molecule has 5 heteroatoms. The van der Waals surface area contributed by atoms with Crippen molar-refractivity contribution in [3.63, 3.8) is 0 Å². The van der Waals surface area contributed by atoms with E-state index in [0.717, 1.165) is 32.5 Å². The number of likely N-dealkylation sites (tertiary alicyclic amines) is 1. The van der Waals surface area contributed by atoms with Gasteiger partial charge < -0.3 is 16.0 Å². The maximum atomic E-state index is 13.9. The fourth-order valence-corrected chi connectivity index (χ4v) is 2.98. The molecule has 0 aromatic heterocycles. The van der Waals surface area contributed by atoms with E-state index in [1.54, 1.807) is 18.2 Å². The monoisotopic (exact) mass is 293 g/mol. The van der Waals surface area contributed by atoms with Gasteiger partial charge in [0.25, 0.3) is 0 Å². The third-order valence-electron chi connectivity index (χ3n) is 4.19. The fraction of sp³-hybridized carbons (Fsp3) is 0.562. The molecule has 0 spiro atoms. The number of nitrogens with zero attached hydrogens (tertiary/aromatic N) is 1. The number of carbonyl (C=O) groups excluding carboxylic acids is 1. The largest absolute Gasteiger partial charge is 0.369 e. The third kappa shape index (κ3) is 3.73. The molecule has 2 rings (SSSR count). The highest BCUT2D eigenvalue weighted by Gasteiger charge is 2.38. The number of rotatable bonds is 5. The van der Waals surface area contributed by atoms with Crippen LogP contribution in [0.3, 0.4) is 0 Å². The highest BCUT2D eigenvalue weighted by atomic mass is 19.1. The first kappa shape index (κ1) is 15.8. The van der Waals surface area contributed by atoms with Crippen molar-refractivity contribution in [1.82, 2.24) is 4.90 Å². The van der Waals surface area contributed by atoms with E-state index in [-0.39, 0.29) is 5.82 Å². The van der Waals surface area contributed by atoms with E-state index >= 15 is 0 Å². The number of benzene rings is 1. The van der Waals surface area contributed by atoms with Crippen molar-refractivity contribution in [2.45, 2.75) is 38.1 Å². The van der Waals surface area contributed by atoms with Crippen LogP contribution in [0, 0.1) is 5.82 Å². The maximum absolute atomic E-state index is 13.9. The molecule has 1 aliphatic heterocycles. The molecule has 1 fully saturated rings. The van der Waals surface area contributed by atoms with Crippen LogP contribution in [0.1, 0.15) is 32.6 Å². The average molecular weight is 293 g/mol. The molecule has 1 aromatic rings. The highest BCUT2D eigenvalue weighted by Crippen LogP contribution is 2.28. The fourth-order valence-electron chi connectivity index (χ4n) is 2.98. The Kier molecular flexibility index (Phi) is 5.17. The van der Waals surface area contributed by atoms with Crippen molar-refractivity contribution in [2.24, 2.45) is 5.73 Å².